The molecule has 0 atom stereocenters. The van der Waals surface area contributed by atoms with Crippen molar-refractivity contribution < 1.29 is 0 Å². The van der Waals surface area contributed by atoms with Crippen LogP contribution in [0.15, 0.2) is 0 Å². The molecule has 0 N–H and O–H groups in total. The summed E-state index contributed by atoms with van der Waals surface area (Å²) in [6.45, 7) is 0. The Morgan fingerprint density at radius 1 is 1.00 bits per heavy atom. The Kier molecular flexibility index (Phi) is 13.2. The average Bonchev–Trinajstić information content (AvgIpc) is 1.64. The van der Waals surface area contributed by atoms with E-state index in [9.17, 15) is 0 Å². The molecule has 0 amide bonds. The number of hydrogen-bond donors (Lipinski definition) is 1. The molecule has 0 unspecified atom stereocenters. The normalized spacial score (nSPS) is 15.4. The van der Waals surface area contributed by atoms with E-state index in [-0.39, 0.29) is 0 Å². The minimum absolute atomic E-state index is 0.397. The number of hydrogen-bond acceptors (Lipinski definition) is 1. The van der Waals surface area contributed by atoms with Crippen molar-refractivity contribution in [3.8, 4) is 0 Å². The van der Waals surface area contributed by atoms with E-state index in [1.807, 2.05) is 0 Å². The maximum atomic E-state index is 4.57. The summed E-state index contributed by atoms with van der Waals surface area (Å²) in [7, 11) is 3.16. The van der Waals surface area contributed by atoms with Crippen LogP contribution >= 0.6 is 111 Å². The molecule has 8 heteroatoms. The average molecular weight is 921 g/mol. The van der Waals surface area contributed by atoms with Gasteiger partial charge in [0.1, 0.15) is 0 Å². The molecule has 0 aliphatic rings. The van der Waals surface area contributed by atoms with Crippen LogP contribution in [0.5, 0.6) is 0 Å². The van der Waals surface area contributed by atoms with Gasteiger partial charge >= 0.3 is 111 Å². The van der Waals surface area contributed by atoms with Gasteiger partial charge < -0.3 is 0 Å². The molecule has 0 saturated carbocycles. The molecule has 0 radical (unpaired) electrons. The standard InChI is InChI=1S/HI7S/c1-5(2)6(3)7(4)8/h8H. The molecule has 0 heterocycles. The molecule has 0 aromatic rings. The first-order valence-electron chi connectivity index (χ1n) is 1.03. The quantitative estimate of drug-likeness (QED) is 0.235. The third kappa shape index (κ3) is 6.92. The SMILES string of the molecule is SI(I)I(I)I(I)I. The summed E-state index contributed by atoms with van der Waals surface area (Å²) in [6, 6.07) is 0. The first-order chi connectivity index (χ1) is 3.55. The summed E-state index contributed by atoms with van der Waals surface area (Å²) in [6.07, 6.45) is 0. The van der Waals surface area contributed by atoms with Crippen LogP contribution in [0.3, 0.4) is 0 Å². The van der Waals surface area contributed by atoms with Gasteiger partial charge in [-0.25, -0.2) is 0 Å². The van der Waals surface area contributed by atoms with Gasteiger partial charge in [0.2, 0.25) is 0 Å². The Morgan fingerprint density at radius 3 is 1.38 bits per heavy atom. The van der Waals surface area contributed by atoms with Crippen LogP contribution in [0, 0.1) is 0 Å². The molecule has 0 fully saturated rings. The fraction of sp³-hybridized carbons (Fsp3) is 0. The Balaban J connectivity index is 3.46. The number of rotatable bonds is 2. The zero-order valence-electron chi connectivity index (χ0n) is 3.09. The fourth-order valence-electron chi connectivity index (χ4n) is 0.0337. The molecule has 0 aromatic heterocycles. The molecule has 0 bridgehead atoms. The van der Waals surface area contributed by atoms with Crippen molar-refractivity contribution in [3.05, 3.63) is 0 Å². The van der Waals surface area contributed by atoms with Gasteiger partial charge in [0.15, 0.2) is 0 Å². The van der Waals surface area contributed by atoms with Gasteiger partial charge in [-0.3, -0.25) is 0 Å². The van der Waals surface area contributed by atoms with Gasteiger partial charge in [-0.2, -0.15) is 0 Å². The van der Waals surface area contributed by atoms with Crippen LogP contribution in [0.1, 0.15) is 0 Å². The Hall–Kier alpha value is 5.46. The van der Waals surface area contributed by atoms with E-state index in [0.29, 0.717) is 0 Å². The van der Waals surface area contributed by atoms with Crippen LogP contribution in [0.2, 0.25) is 0 Å². The first kappa shape index (κ1) is 13.5. The maximum absolute atomic E-state index is 4.57. The van der Waals surface area contributed by atoms with E-state index < -0.39 is 26.3 Å². The van der Waals surface area contributed by atoms with Gasteiger partial charge in [-0.05, 0) is 0 Å². The Bertz CT molecular complexity index is 49.4. The van der Waals surface area contributed by atoms with Crippen LogP contribution in [0.4, 0.5) is 0 Å². The monoisotopic (exact) mass is 921 g/mol. The van der Waals surface area contributed by atoms with Gasteiger partial charge in [0.05, 0.1) is 0 Å². The van der Waals surface area contributed by atoms with Gasteiger partial charge in [-0.1, -0.05) is 0 Å². The van der Waals surface area contributed by atoms with Crippen molar-refractivity contribution in [1.29, 1.82) is 0 Å². The van der Waals surface area contributed by atoms with Crippen molar-refractivity contribution in [2.45, 2.75) is 0 Å². The van der Waals surface area contributed by atoms with E-state index in [0.717, 1.165) is 0 Å². The summed E-state index contributed by atoms with van der Waals surface area (Å²) in [5, 5.41) is 0. The molecule has 0 nitrogen and oxygen atoms in total. The summed E-state index contributed by atoms with van der Waals surface area (Å²) in [5.41, 5.74) is 0. The predicted molar refractivity (Wildman–Crippen MR) is 107 cm³/mol. The molecule has 0 rings (SSSR count). The fourth-order valence-corrected chi connectivity index (χ4v) is 320. The van der Waals surface area contributed by atoms with E-state index in [1.54, 1.807) is 0 Å². The molecule has 0 aromatic carbocycles. The summed E-state index contributed by atoms with van der Waals surface area (Å²) in [4.78, 5) is 0. The topological polar surface area (TPSA) is 0 Å². The van der Waals surface area contributed by atoms with Crippen LogP contribution in [-0.4, -0.2) is 0 Å². The second kappa shape index (κ2) is 7.83. The third-order valence-corrected chi connectivity index (χ3v) is 292. The molecule has 0 aliphatic carbocycles. The van der Waals surface area contributed by atoms with Crippen molar-refractivity contribution in [2.24, 2.45) is 0 Å². The summed E-state index contributed by atoms with van der Waals surface area (Å²) < 4.78 is 0. The zero-order chi connectivity index (χ0) is 6.73. The summed E-state index contributed by atoms with van der Waals surface area (Å²) in [5.74, 6) is 0. The van der Waals surface area contributed by atoms with Crippen molar-refractivity contribution in [3.63, 3.8) is 0 Å². The van der Waals surface area contributed by atoms with E-state index in [2.05, 4.69) is 84.3 Å². The molecule has 0 saturated heterocycles. The van der Waals surface area contributed by atoms with Crippen LogP contribution in [0.25, 0.3) is 0 Å². The second-order valence-corrected chi connectivity index (χ2v) is 131. The van der Waals surface area contributed by atoms with Crippen molar-refractivity contribution in [2.75, 3.05) is 0 Å². The predicted octanol–water partition coefficient (Wildman–Crippen LogP) is 6.58. The second-order valence-electron chi connectivity index (χ2n) is 0.506. The molecular formula is HI7S. The van der Waals surface area contributed by atoms with Gasteiger partial charge in [0, 0.05) is 0 Å². The zero-order valence-corrected chi connectivity index (χ0v) is 19.1. The van der Waals surface area contributed by atoms with E-state index in [4.69, 9.17) is 0 Å². The van der Waals surface area contributed by atoms with Crippen LogP contribution < -0.4 is 0 Å². The molecular weight excluding hydrogens is 920 g/mol. The minimum atomic E-state index is -0.609. The van der Waals surface area contributed by atoms with Crippen LogP contribution in [-0.2, 0) is 0 Å². The molecule has 0 aliphatic heterocycles. The van der Waals surface area contributed by atoms with E-state index >= 15 is 0 Å². The van der Waals surface area contributed by atoms with Crippen molar-refractivity contribution in [1.82, 2.24) is 0 Å². The molecule has 8 heavy (non-hydrogen) atoms. The Morgan fingerprint density at radius 2 is 1.38 bits per heavy atom. The molecule has 56 valence electrons. The van der Waals surface area contributed by atoms with E-state index in [1.165, 1.54) is 0 Å². The first-order valence-corrected chi connectivity index (χ1v) is 42.0. The summed E-state index contributed by atoms with van der Waals surface area (Å²) >= 11 is 10.7. The third-order valence-electron chi connectivity index (χ3n) is 0.171. The van der Waals surface area contributed by atoms with Crippen molar-refractivity contribution >= 4 is 111 Å². The molecule has 0 spiro atoms. The number of thiol groups is 1. The Labute approximate surface area is 106 Å². The number of halogens is 7. The van der Waals surface area contributed by atoms with Gasteiger partial charge in [-0.15, -0.1) is 0 Å². The van der Waals surface area contributed by atoms with Gasteiger partial charge in [0.25, 0.3) is 0 Å².